The summed E-state index contributed by atoms with van der Waals surface area (Å²) in [5.41, 5.74) is 8.44. The molecule has 4 nitrogen and oxygen atoms in total. The van der Waals surface area contributed by atoms with Gasteiger partial charge in [-0.05, 0) is 29.8 Å². The van der Waals surface area contributed by atoms with Gasteiger partial charge in [-0.25, -0.2) is 0 Å². The number of hydrogen-bond acceptors (Lipinski definition) is 3. The molecule has 0 bridgehead atoms. The van der Waals surface area contributed by atoms with Gasteiger partial charge in [0.15, 0.2) is 0 Å². The Balaban J connectivity index is 2.15. The highest BCUT2D eigenvalue weighted by Gasteiger charge is 2.09. The molecule has 0 aliphatic rings. The lowest BCUT2D eigenvalue weighted by Crippen LogP contribution is -2.14. The van der Waals surface area contributed by atoms with Crippen LogP contribution < -0.4 is 11.1 Å². The number of nitrogens with two attached hydrogens (primary N) is 1. The Morgan fingerprint density at radius 3 is 2.74 bits per heavy atom. The molecule has 0 radical (unpaired) electrons. The van der Waals surface area contributed by atoms with E-state index in [9.17, 15) is 4.79 Å². The molecule has 0 aliphatic heterocycles. The van der Waals surface area contributed by atoms with Crippen LogP contribution in [0.25, 0.3) is 0 Å². The largest absolute Gasteiger partial charge is 0.398 e. The van der Waals surface area contributed by atoms with Crippen LogP contribution in [0.3, 0.4) is 0 Å². The third-order valence-electron chi connectivity index (χ3n) is 2.70. The second kappa shape index (κ2) is 6.02. The first-order valence-corrected chi connectivity index (χ1v) is 5.94. The molecule has 2 rings (SSSR count). The zero-order chi connectivity index (χ0) is 13.7. The molecule has 0 spiro atoms. The average Bonchev–Trinajstić information content (AvgIpc) is 2.40. The highest BCUT2D eigenvalue weighted by molar-refractivity contribution is 6.07. The number of hydrogen-bond donors (Lipinski definition) is 2. The van der Waals surface area contributed by atoms with Crippen LogP contribution in [-0.2, 0) is 11.3 Å². The minimum absolute atomic E-state index is 0.215. The maximum absolute atomic E-state index is 12.1. The van der Waals surface area contributed by atoms with Crippen molar-refractivity contribution in [2.75, 3.05) is 18.2 Å². The van der Waals surface area contributed by atoms with Crippen molar-refractivity contribution in [2.24, 2.45) is 0 Å². The molecule has 0 saturated carbocycles. The number of nitrogen functional groups attached to an aromatic ring is 1. The first-order chi connectivity index (χ1) is 9.20. The number of ether oxygens (including phenoxy) is 1. The lowest BCUT2D eigenvalue weighted by atomic mass is 10.1. The fourth-order valence-corrected chi connectivity index (χ4v) is 1.81. The minimum atomic E-state index is -0.215. The number of carbonyl (C=O) groups is 1. The lowest BCUT2D eigenvalue weighted by molar-refractivity contribution is 0.102. The van der Waals surface area contributed by atoms with Crippen LogP contribution in [0.4, 0.5) is 11.4 Å². The van der Waals surface area contributed by atoms with Gasteiger partial charge in [0.2, 0.25) is 0 Å². The maximum atomic E-state index is 12.1. The quantitative estimate of drug-likeness (QED) is 0.826. The molecule has 19 heavy (non-hydrogen) atoms. The highest BCUT2D eigenvalue weighted by Crippen LogP contribution is 2.15. The van der Waals surface area contributed by atoms with E-state index < -0.39 is 0 Å². The summed E-state index contributed by atoms with van der Waals surface area (Å²) >= 11 is 0. The molecule has 0 heterocycles. The minimum Gasteiger partial charge on any atom is -0.398 e. The Morgan fingerprint density at radius 1 is 1.21 bits per heavy atom. The van der Waals surface area contributed by atoms with Gasteiger partial charge < -0.3 is 15.8 Å². The molecule has 0 atom stereocenters. The number of amides is 1. The van der Waals surface area contributed by atoms with Gasteiger partial charge in [0, 0.05) is 18.5 Å². The van der Waals surface area contributed by atoms with Crippen LogP contribution in [0, 0.1) is 0 Å². The van der Waals surface area contributed by atoms with Gasteiger partial charge in [-0.1, -0.05) is 24.3 Å². The molecule has 0 aliphatic carbocycles. The van der Waals surface area contributed by atoms with Gasteiger partial charge in [-0.15, -0.1) is 0 Å². The second-order valence-corrected chi connectivity index (χ2v) is 4.17. The van der Waals surface area contributed by atoms with Crippen LogP contribution in [0.2, 0.25) is 0 Å². The van der Waals surface area contributed by atoms with Crippen molar-refractivity contribution in [3.63, 3.8) is 0 Å². The van der Waals surface area contributed by atoms with Crippen molar-refractivity contribution in [1.29, 1.82) is 0 Å². The van der Waals surface area contributed by atoms with Crippen molar-refractivity contribution in [3.8, 4) is 0 Å². The SMILES string of the molecule is COCc1cccc(NC(=O)c2ccccc2N)c1. The van der Waals surface area contributed by atoms with E-state index in [0.29, 0.717) is 17.9 Å². The monoisotopic (exact) mass is 256 g/mol. The van der Waals surface area contributed by atoms with E-state index in [2.05, 4.69) is 5.32 Å². The molecule has 98 valence electrons. The van der Waals surface area contributed by atoms with Crippen molar-refractivity contribution in [2.45, 2.75) is 6.61 Å². The predicted molar refractivity (Wildman–Crippen MR) is 76.0 cm³/mol. The molecule has 3 N–H and O–H groups in total. The van der Waals surface area contributed by atoms with E-state index in [1.807, 2.05) is 24.3 Å². The number of para-hydroxylation sites is 1. The number of rotatable bonds is 4. The van der Waals surface area contributed by atoms with Gasteiger partial charge in [0.1, 0.15) is 0 Å². The van der Waals surface area contributed by atoms with Crippen LogP contribution in [0.1, 0.15) is 15.9 Å². The van der Waals surface area contributed by atoms with Crippen molar-refractivity contribution < 1.29 is 9.53 Å². The predicted octanol–water partition coefficient (Wildman–Crippen LogP) is 2.67. The Bertz CT molecular complexity index is 582. The number of anilines is 2. The number of benzene rings is 2. The molecule has 2 aromatic rings. The van der Waals surface area contributed by atoms with Gasteiger partial charge in [0.05, 0.1) is 12.2 Å². The Kier molecular flexibility index (Phi) is 4.15. The first kappa shape index (κ1) is 13.1. The maximum Gasteiger partial charge on any atom is 0.257 e. The first-order valence-electron chi connectivity index (χ1n) is 5.94. The molecule has 2 aromatic carbocycles. The van der Waals surface area contributed by atoms with Gasteiger partial charge in [-0.2, -0.15) is 0 Å². The van der Waals surface area contributed by atoms with E-state index >= 15 is 0 Å². The standard InChI is InChI=1S/C15H16N2O2/c1-19-10-11-5-4-6-12(9-11)17-15(18)13-7-2-3-8-14(13)16/h2-9H,10,16H2,1H3,(H,17,18). The summed E-state index contributed by atoms with van der Waals surface area (Å²) in [4.78, 5) is 12.1. The van der Waals surface area contributed by atoms with E-state index in [1.54, 1.807) is 31.4 Å². The zero-order valence-electron chi connectivity index (χ0n) is 10.7. The Morgan fingerprint density at radius 2 is 2.00 bits per heavy atom. The number of methoxy groups -OCH3 is 1. The third kappa shape index (κ3) is 3.33. The summed E-state index contributed by atoms with van der Waals surface area (Å²) < 4.78 is 5.06. The van der Waals surface area contributed by atoms with Crippen molar-refractivity contribution in [3.05, 3.63) is 59.7 Å². The smallest absolute Gasteiger partial charge is 0.257 e. The van der Waals surface area contributed by atoms with E-state index in [4.69, 9.17) is 10.5 Å². The van der Waals surface area contributed by atoms with Crippen LogP contribution in [0.15, 0.2) is 48.5 Å². The van der Waals surface area contributed by atoms with E-state index in [0.717, 1.165) is 11.3 Å². The third-order valence-corrected chi connectivity index (χ3v) is 2.70. The van der Waals surface area contributed by atoms with Crippen LogP contribution in [0.5, 0.6) is 0 Å². The molecular weight excluding hydrogens is 240 g/mol. The molecule has 0 aromatic heterocycles. The normalized spacial score (nSPS) is 10.2. The van der Waals surface area contributed by atoms with Gasteiger partial charge >= 0.3 is 0 Å². The van der Waals surface area contributed by atoms with Gasteiger partial charge in [-0.3, -0.25) is 4.79 Å². The van der Waals surface area contributed by atoms with Crippen molar-refractivity contribution >= 4 is 17.3 Å². The summed E-state index contributed by atoms with van der Waals surface area (Å²) in [5.74, 6) is -0.215. The van der Waals surface area contributed by atoms with E-state index in [1.165, 1.54) is 0 Å². The molecule has 0 fully saturated rings. The summed E-state index contributed by atoms with van der Waals surface area (Å²) in [6.45, 7) is 0.511. The molecule has 0 unspecified atom stereocenters. The molecule has 0 saturated heterocycles. The highest BCUT2D eigenvalue weighted by atomic mass is 16.5. The van der Waals surface area contributed by atoms with Crippen molar-refractivity contribution in [1.82, 2.24) is 0 Å². The van der Waals surface area contributed by atoms with Crippen LogP contribution in [-0.4, -0.2) is 13.0 Å². The fourth-order valence-electron chi connectivity index (χ4n) is 1.81. The summed E-state index contributed by atoms with van der Waals surface area (Å²) in [7, 11) is 1.63. The van der Waals surface area contributed by atoms with E-state index in [-0.39, 0.29) is 5.91 Å². The Labute approximate surface area is 112 Å². The summed E-state index contributed by atoms with van der Waals surface area (Å²) in [6.07, 6.45) is 0. The molecule has 1 amide bonds. The summed E-state index contributed by atoms with van der Waals surface area (Å²) in [6, 6.07) is 14.5. The average molecular weight is 256 g/mol. The molecular formula is C15H16N2O2. The summed E-state index contributed by atoms with van der Waals surface area (Å²) in [5, 5.41) is 2.82. The Hall–Kier alpha value is -2.33. The van der Waals surface area contributed by atoms with Gasteiger partial charge in [0.25, 0.3) is 5.91 Å². The lowest BCUT2D eigenvalue weighted by Gasteiger charge is -2.08. The topological polar surface area (TPSA) is 64.3 Å². The second-order valence-electron chi connectivity index (χ2n) is 4.17. The molecule has 4 heteroatoms. The zero-order valence-corrected chi connectivity index (χ0v) is 10.7. The fraction of sp³-hybridized carbons (Fsp3) is 0.133. The van der Waals surface area contributed by atoms with Crippen LogP contribution >= 0.6 is 0 Å². The number of nitrogens with one attached hydrogen (secondary N) is 1. The number of carbonyl (C=O) groups excluding carboxylic acids is 1.